The maximum Gasteiger partial charge on any atom is 0.228 e. The highest BCUT2D eigenvalue weighted by molar-refractivity contribution is 5.95. The summed E-state index contributed by atoms with van der Waals surface area (Å²) in [4.78, 5) is 16.4. The lowest BCUT2D eigenvalue weighted by Crippen LogP contribution is -2.14. The molecule has 1 amide bonds. The van der Waals surface area contributed by atoms with Crippen LogP contribution in [0.5, 0.6) is 0 Å². The zero-order chi connectivity index (χ0) is 18.6. The quantitative estimate of drug-likeness (QED) is 0.574. The number of nitrogens with zero attached hydrogens (tertiary/aromatic N) is 2. The number of amides is 1. The minimum atomic E-state index is -0.229. The number of carbonyl (C=O) groups is 1. The average Bonchev–Trinajstić information content (AvgIpc) is 3.02. The molecule has 0 radical (unpaired) electrons. The van der Waals surface area contributed by atoms with Crippen molar-refractivity contribution in [2.24, 2.45) is 0 Å². The molecule has 0 aliphatic carbocycles. The van der Waals surface area contributed by atoms with Crippen LogP contribution < -0.4 is 5.32 Å². The first-order valence-corrected chi connectivity index (χ1v) is 8.71. The van der Waals surface area contributed by atoms with Gasteiger partial charge in [-0.2, -0.15) is 0 Å². The molecule has 0 aliphatic rings. The van der Waals surface area contributed by atoms with Crippen molar-refractivity contribution in [1.82, 2.24) is 9.55 Å². The second-order valence-electron chi connectivity index (χ2n) is 6.35. The lowest BCUT2D eigenvalue weighted by atomic mass is 10.1. The number of hydrogen-bond acceptors (Lipinski definition) is 2. The van der Waals surface area contributed by atoms with E-state index in [1.807, 2.05) is 41.1 Å². The predicted octanol–water partition coefficient (Wildman–Crippen LogP) is 4.40. The second-order valence-corrected chi connectivity index (χ2v) is 6.35. The zero-order valence-electron chi connectivity index (χ0n) is 14.6. The summed E-state index contributed by atoms with van der Waals surface area (Å²) in [5.41, 5.74) is 3.22. The molecule has 4 aromatic rings. The molecular formula is C22H18FN3O. The molecular weight excluding hydrogens is 341 g/mol. The van der Waals surface area contributed by atoms with Crippen molar-refractivity contribution in [2.45, 2.75) is 13.0 Å². The third-order valence-corrected chi connectivity index (χ3v) is 4.48. The molecule has 5 heteroatoms. The number of benzene rings is 2. The van der Waals surface area contributed by atoms with E-state index >= 15 is 0 Å². The van der Waals surface area contributed by atoms with Crippen molar-refractivity contribution in [2.75, 3.05) is 5.32 Å². The SMILES string of the molecule is O=C(Cc1cn(Cc2ccccc2F)c2ccccc12)Nc1ccncc1. The molecule has 134 valence electrons. The van der Waals surface area contributed by atoms with Gasteiger partial charge >= 0.3 is 0 Å². The van der Waals surface area contributed by atoms with Gasteiger partial charge in [0.2, 0.25) is 5.91 Å². The average molecular weight is 359 g/mol. The van der Waals surface area contributed by atoms with Crippen LogP contribution in [0.2, 0.25) is 0 Å². The number of para-hydroxylation sites is 1. The molecule has 0 aliphatic heterocycles. The van der Waals surface area contributed by atoms with E-state index in [9.17, 15) is 9.18 Å². The van der Waals surface area contributed by atoms with E-state index in [1.54, 1.807) is 36.7 Å². The van der Waals surface area contributed by atoms with Gasteiger partial charge in [-0.15, -0.1) is 0 Å². The number of anilines is 1. The van der Waals surface area contributed by atoms with Gasteiger partial charge in [-0.25, -0.2) is 4.39 Å². The van der Waals surface area contributed by atoms with E-state index in [0.29, 0.717) is 17.8 Å². The van der Waals surface area contributed by atoms with Gasteiger partial charge < -0.3 is 9.88 Å². The van der Waals surface area contributed by atoms with Crippen molar-refractivity contribution in [3.8, 4) is 0 Å². The molecule has 0 saturated carbocycles. The maximum absolute atomic E-state index is 14.1. The molecule has 2 aromatic heterocycles. The van der Waals surface area contributed by atoms with E-state index in [0.717, 1.165) is 16.5 Å². The Morgan fingerprint density at radius 2 is 1.70 bits per heavy atom. The molecule has 4 rings (SSSR count). The number of pyridine rings is 1. The molecule has 2 heterocycles. The molecule has 0 spiro atoms. The number of halogens is 1. The highest BCUT2D eigenvalue weighted by Crippen LogP contribution is 2.24. The van der Waals surface area contributed by atoms with Crippen LogP contribution in [-0.4, -0.2) is 15.5 Å². The lowest BCUT2D eigenvalue weighted by molar-refractivity contribution is -0.115. The van der Waals surface area contributed by atoms with Crippen LogP contribution in [0.15, 0.2) is 79.3 Å². The van der Waals surface area contributed by atoms with E-state index in [4.69, 9.17) is 0 Å². The Hall–Kier alpha value is -3.47. The first kappa shape index (κ1) is 17.0. The van der Waals surface area contributed by atoms with E-state index < -0.39 is 0 Å². The van der Waals surface area contributed by atoms with E-state index in [2.05, 4.69) is 10.3 Å². The Bertz CT molecular complexity index is 1090. The Morgan fingerprint density at radius 3 is 2.52 bits per heavy atom. The van der Waals surface area contributed by atoms with Gasteiger partial charge in [-0.1, -0.05) is 36.4 Å². The van der Waals surface area contributed by atoms with Crippen LogP contribution in [0.25, 0.3) is 10.9 Å². The molecule has 0 fully saturated rings. The van der Waals surface area contributed by atoms with E-state index in [1.165, 1.54) is 6.07 Å². The lowest BCUT2D eigenvalue weighted by Gasteiger charge is -2.06. The van der Waals surface area contributed by atoms with Gasteiger partial charge in [0, 0.05) is 40.7 Å². The summed E-state index contributed by atoms with van der Waals surface area (Å²) in [5, 5.41) is 3.87. The third kappa shape index (κ3) is 3.72. The Morgan fingerprint density at radius 1 is 0.963 bits per heavy atom. The minimum absolute atomic E-state index is 0.102. The fourth-order valence-corrected chi connectivity index (χ4v) is 3.22. The van der Waals surface area contributed by atoms with Crippen molar-refractivity contribution in [1.29, 1.82) is 0 Å². The number of rotatable bonds is 5. The predicted molar refractivity (Wildman–Crippen MR) is 104 cm³/mol. The fourth-order valence-electron chi connectivity index (χ4n) is 3.22. The number of nitrogens with one attached hydrogen (secondary N) is 1. The molecule has 0 saturated heterocycles. The smallest absolute Gasteiger partial charge is 0.228 e. The van der Waals surface area contributed by atoms with Gasteiger partial charge in [0.1, 0.15) is 5.82 Å². The largest absolute Gasteiger partial charge is 0.343 e. The first-order chi connectivity index (χ1) is 13.2. The molecule has 0 unspecified atom stereocenters. The van der Waals surface area contributed by atoms with Crippen LogP contribution in [0.3, 0.4) is 0 Å². The third-order valence-electron chi connectivity index (χ3n) is 4.48. The Labute approximate surface area is 156 Å². The number of hydrogen-bond donors (Lipinski definition) is 1. The Balaban J connectivity index is 1.62. The molecule has 0 atom stereocenters. The molecule has 0 bridgehead atoms. The first-order valence-electron chi connectivity index (χ1n) is 8.71. The van der Waals surface area contributed by atoms with Crippen molar-refractivity contribution >= 4 is 22.5 Å². The van der Waals surface area contributed by atoms with Gasteiger partial charge in [-0.05, 0) is 29.8 Å². The van der Waals surface area contributed by atoms with Crippen LogP contribution in [-0.2, 0) is 17.8 Å². The van der Waals surface area contributed by atoms with Crippen molar-refractivity contribution in [3.63, 3.8) is 0 Å². The summed E-state index contributed by atoms with van der Waals surface area (Å²) in [7, 11) is 0. The minimum Gasteiger partial charge on any atom is -0.343 e. The topological polar surface area (TPSA) is 46.9 Å². The summed E-state index contributed by atoms with van der Waals surface area (Å²) in [6.07, 6.45) is 5.45. The van der Waals surface area contributed by atoms with Crippen LogP contribution >= 0.6 is 0 Å². The summed E-state index contributed by atoms with van der Waals surface area (Å²) >= 11 is 0. The van der Waals surface area contributed by atoms with Gasteiger partial charge in [0.25, 0.3) is 0 Å². The molecule has 1 N–H and O–H groups in total. The second kappa shape index (κ2) is 7.41. The summed E-state index contributed by atoms with van der Waals surface area (Å²) < 4.78 is 16.0. The normalized spacial score (nSPS) is 10.9. The molecule has 4 nitrogen and oxygen atoms in total. The summed E-state index contributed by atoms with van der Waals surface area (Å²) in [6, 6.07) is 18.1. The standard InChI is InChI=1S/C22H18FN3O/c23-20-7-3-1-5-16(20)14-26-15-17(19-6-2-4-8-21(19)26)13-22(27)25-18-9-11-24-12-10-18/h1-12,15H,13-14H2,(H,24,25,27). The van der Waals surface area contributed by atoms with Crippen LogP contribution in [0.4, 0.5) is 10.1 Å². The van der Waals surface area contributed by atoms with Gasteiger partial charge in [0.15, 0.2) is 0 Å². The highest BCUT2D eigenvalue weighted by atomic mass is 19.1. The number of fused-ring (bicyclic) bond motifs is 1. The number of aromatic nitrogens is 2. The van der Waals surface area contributed by atoms with Gasteiger partial charge in [-0.3, -0.25) is 9.78 Å². The fraction of sp³-hybridized carbons (Fsp3) is 0.0909. The van der Waals surface area contributed by atoms with Crippen molar-refractivity contribution in [3.05, 3.63) is 96.2 Å². The van der Waals surface area contributed by atoms with E-state index in [-0.39, 0.29) is 18.1 Å². The number of carbonyl (C=O) groups excluding carboxylic acids is 1. The summed E-state index contributed by atoms with van der Waals surface area (Å²) in [5.74, 6) is -0.331. The highest BCUT2D eigenvalue weighted by Gasteiger charge is 2.13. The van der Waals surface area contributed by atoms with Crippen LogP contribution in [0.1, 0.15) is 11.1 Å². The van der Waals surface area contributed by atoms with Crippen LogP contribution in [0, 0.1) is 5.82 Å². The van der Waals surface area contributed by atoms with Crippen molar-refractivity contribution < 1.29 is 9.18 Å². The zero-order valence-corrected chi connectivity index (χ0v) is 14.6. The molecule has 27 heavy (non-hydrogen) atoms. The molecule has 2 aromatic carbocycles. The Kier molecular flexibility index (Phi) is 4.66. The van der Waals surface area contributed by atoms with Gasteiger partial charge in [0.05, 0.1) is 13.0 Å². The monoisotopic (exact) mass is 359 g/mol. The summed E-state index contributed by atoms with van der Waals surface area (Å²) in [6.45, 7) is 0.416. The maximum atomic E-state index is 14.1.